The second-order valence-electron chi connectivity index (χ2n) is 8.74. The predicted molar refractivity (Wildman–Crippen MR) is 133 cm³/mol. The third kappa shape index (κ3) is 6.17. The number of nitroso groups, excluding NO2 is 1. The van der Waals surface area contributed by atoms with E-state index in [1.54, 1.807) is 6.07 Å². The molecular formula is C27H21F3N4O5. The number of nitrogens with zero attached hydrogens (tertiary/aromatic N) is 3. The zero-order valence-corrected chi connectivity index (χ0v) is 20.3. The van der Waals surface area contributed by atoms with Crippen LogP contribution in [-0.2, 0) is 22.6 Å². The SMILES string of the molecule is O=N/C(=C\C(=O)c1cc(Cc2c(F)cccc2F)cn(Cc2ccccc2F)c1=O)C(=O)NN1CCCC1=O. The number of hydrogen-bond acceptors (Lipinski definition) is 6. The zero-order chi connectivity index (χ0) is 28.1. The molecule has 0 unspecified atom stereocenters. The third-order valence-corrected chi connectivity index (χ3v) is 6.06. The largest absolute Gasteiger partial charge is 0.310 e. The van der Waals surface area contributed by atoms with Gasteiger partial charge in [0.1, 0.15) is 17.5 Å². The summed E-state index contributed by atoms with van der Waals surface area (Å²) in [5, 5.41) is 3.53. The molecule has 1 aliphatic heterocycles. The molecule has 39 heavy (non-hydrogen) atoms. The molecule has 3 aromatic rings. The van der Waals surface area contributed by atoms with Crippen molar-refractivity contribution in [2.24, 2.45) is 5.18 Å². The maximum atomic E-state index is 14.3. The number of benzene rings is 2. The maximum absolute atomic E-state index is 14.3. The van der Waals surface area contributed by atoms with E-state index in [0.717, 1.165) is 27.8 Å². The van der Waals surface area contributed by atoms with Crippen LogP contribution in [0.25, 0.3) is 0 Å². The van der Waals surface area contributed by atoms with Crippen LogP contribution in [0.4, 0.5) is 13.2 Å². The lowest BCUT2D eigenvalue weighted by atomic mass is 10.0. The molecule has 0 saturated carbocycles. The van der Waals surface area contributed by atoms with Gasteiger partial charge in [-0.15, -0.1) is 4.91 Å². The van der Waals surface area contributed by atoms with Gasteiger partial charge in [0.2, 0.25) is 5.91 Å². The summed E-state index contributed by atoms with van der Waals surface area (Å²) in [6, 6.07) is 9.96. The summed E-state index contributed by atoms with van der Waals surface area (Å²) in [6.07, 6.45) is 2.09. The molecule has 2 amide bonds. The fourth-order valence-corrected chi connectivity index (χ4v) is 4.09. The van der Waals surface area contributed by atoms with Crippen LogP contribution in [0.15, 0.2) is 76.5 Å². The van der Waals surface area contributed by atoms with E-state index in [9.17, 15) is 37.3 Å². The van der Waals surface area contributed by atoms with E-state index in [1.165, 1.54) is 30.5 Å². The number of nitrogens with one attached hydrogen (secondary N) is 1. The number of carbonyl (C=O) groups is 3. The molecule has 0 bridgehead atoms. The van der Waals surface area contributed by atoms with E-state index in [4.69, 9.17) is 0 Å². The number of amides is 2. The summed E-state index contributed by atoms with van der Waals surface area (Å²) in [5.74, 6) is -4.95. The van der Waals surface area contributed by atoms with Gasteiger partial charge in [-0.25, -0.2) is 13.2 Å². The first-order chi connectivity index (χ1) is 18.7. The Morgan fingerprint density at radius 2 is 1.69 bits per heavy atom. The van der Waals surface area contributed by atoms with E-state index in [-0.39, 0.29) is 48.5 Å². The zero-order valence-electron chi connectivity index (χ0n) is 20.3. The molecule has 9 nitrogen and oxygen atoms in total. The molecule has 0 spiro atoms. The minimum atomic E-state index is -1.13. The number of ketones is 1. The standard InChI is InChI=1S/C27H21F3N4O5/c28-20-6-2-1-5-17(20)15-33-14-16(11-18-21(29)7-3-8-22(18)30)12-19(27(33)38)24(35)13-23(32-39)26(37)31-34-10-4-9-25(34)36/h1-3,5-8,12-14H,4,9-11,15H2,(H,31,37)/b23-13-. The van der Waals surface area contributed by atoms with Gasteiger partial charge >= 0.3 is 0 Å². The van der Waals surface area contributed by atoms with Crippen molar-refractivity contribution >= 4 is 17.6 Å². The molecule has 1 saturated heterocycles. The van der Waals surface area contributed by atoms with Crippen LogP contribution in [-0.4, -0.2) is 33.7 Å². The van der Waals surface area contributed by atoms with E-state index in [0.29, 0.717) is 12.5 Å². The summed E-state index contributed by atoms with van der Waals surface area (Å²) < 4.78 is 43.9. The summed E-state index contributed by atoms with van der Waals surface area (Å²) in [5.41, 5.74) is -0.270. The van der Waals surface area contributed by atoms with Crippen LogP contribution >= 0.6 is 0 Å². The van der Waals surface area contributed by atoms with Gasteiger partial charge in [0, 0.05) is 42.8 Å². The van der Waals surface area contributed by atoms with Crippen LogP contribution in [0.2, 0.25) is 0 Å². The first kappa shape index (κ1) is 27.2. The molecule has 2 heterocycles. The van der Waals surface area contributed by atoms with Crippen LogP contribution in [0, 0.1) is 22.4 Å². The number of hydrogen-bond donors (Lipinski definition) is 1. The van der Waals surface area contributed by atoms with Gasteiger partial charge in [-0.2, -0.15) is 0 Å². The van der Waals surface area contributed by atoms with Gasteiger partial charge in [-0.1, -0.05) is 24.3 Å². The van der Waals surface area contributed by atoms with Crippen molar-refractivity contribution in [3.63, 3.8) is 0 Å². The highest BCUT2D eigenvalue weighted by Crippen LogP contribution is 2.18. The Morgan fingerprint density at radius 3 is 2.33 bits per heavy atom. The van der Waals surface area contributed by atoms with Crippen LogP contribution in [0.1, 0.15) is 39.9 Å². The third-order valence-electron chi connectivity index (χ3n) is 6.06. The van der Waals surface area contributed by atoms with E-state index >= 15 is 0 Å². The second-order valence-corrected chi connectivity index (χ2v) is 8.74. The van der Waals surface area contributed by atoms with E-state index < -0.39 is 46.0 Å². The van der Waals surface area contributed by atoms with Gasteiger partial charge in [0.05, 0.1) is 12.1 Å². The van der Waals surface area contributed by atoms with Gasteiger partial charge in [-0.05, 0) is 41.4 Å². The smallest absolute Gasteiger partial charge is 0.292 e. The molecular weight excluding hydrogens is 517 g/mol. The van der Waals surface area contributed by atoms with Crippen LogP contribution in [0.5, 0.6) is 0 Å². The van der Waals surface area contributed by atoms with Crippen molar-refractivity contribution in [3.8, 4) is 0 Å². The van der Waals surface area contributed by atoms with Crippen molar-refractivity contribution in [1.82, 2.24) is 15.0 Å². The Labute approximate surface area is 219 Å². The molecule has 0 radical (unpaired) electrons. The minimum Gasteiger partial charge on any atom is -0.310 e. The maximum Gasteiger partial charge on any atom is 0.292 e. The number of hydrazine groups is 1. The van der Waals surface area contributed by atoms with Gasteiger partial charge in [0.25, 0.3) is 11.5 Å². The Bertz CT molecular complexity index is 1550. The fourth-order valence-electron chi connectivity index (χ4n) is 4.09. The first-order valence-electron chi connectivity index (χ1n) is 11.8. The van der Waals surface area contributed by atoms with Crippen LogP contribution in [0.3, 0.4) is 0 Å². The number of carbonyl (C=O) groups excluding carboxylic acids is 3. The Balaban J connectivity index is 1.73. The average Bonchev–Trinajstić information content (AvgIpc) is 3.31. The summed E-state index contributed by atoms with van der Waals surface area (Å²) in [4.78, 5) is 61.8. The average molecular weight is 538 g/mol. The van der Waals surface area contributed by atoms with Crippen molar-refractivity contribution in [2.45, 2.75) is 25.8 Å². The van der Waals surface area contributed by atoms with Crippen molar-refractivity contribution in [2.75, 3.05) is 6.54 Å². The monoisotopic (exact) mass is 538 g/mol. The van der Waals surface area contributed by atoms with E-state index in [2.05, 4.69) is 10.6 Å². The van der Waals surface area contributed by atoms with Crippen molar-refractivity contribution in [1.29, 1.82) is 0 Å². The highest BCUT2D eigenvalue weighted by Gasteiger charge is 2.25. The summed E-state index contributed by atoms with van der Waals surface area (Å²) in [7, 11) is 0. The Morgan fingerprint density at radius 1 is 1.00 bits per heavy atom. The van der Waals surface area contributed by atoms with E-state index in [1.807, 2.05) is 0 Å². The second kappa shape index (κ2) is 11.7. The number of aromatic nitrogens is 1. The lowest BCUT2D eigenvalue weighted by Crippen LogP contribution is -2.43. The van der Waals surface area contributed by atoms with Crippen molar-refractivity contribution < 1.29 is 27.6 Å². The summed E-state index contributed by atoms with van der Waals surface area (Å²) >= 11 is 0. The molecule has 2 aromatic carbocycles. The number of rotatable bonds is 9. The van der Waals surface area contributed by atoms with Gasteiger partial charge in [0.15, 0.2) is 11.5 Å². The molecule has 200 valence electrons. The molecule has 1 N–H and O–H groups in total. The lowest BCUT2D eigenvalue weighted by Gasteiger charge is -2.16. The number of pyridine rings is 1. The van der Waals surface area contributed by atoms with Crippen LogP contribution < -0.4 is 11.0 Å². The van der Waals surface area contributed by atoms with Gasteiger partial charge in [-0.3, -0.25) is 29.6 Å². The quantitative estimate of drug-likeness (QED) is 0.255. The molecule has 1 aromatic heterocycles. The Hall–Kier alpha value is -4.87. The predicted octanol–water partition coefficient (Wildman–Crippen LogP) is 3.39. The minimum absolute atomic E-state index is 0.104. The molecule has 0 atom stereocenters. The molecule has 0 aliphatic carbocycles. The Kier molecular flexibility index (Phi) is 8.13. The normalized spacial score (nSPS) is 13.5. The topological polar surface area (TPSA) is 118 Å². The number of allylic oxidation sites excluding steroid dienone is 1. The fraction of sp³-hybridized carbons (Fsp3) is 0.185. The first-order valence-corrected chi connectivity index (χ1v) is 11.8. The van der Waals surface area contributed by atoms with Crippen molar-refractivity contribution in [3.05, 3.63) is 121 Å². The molecule has 1 fully saturated rings. The molecule has 12 heteroatoms. The highest BCUT2D eigenvalue weighted by atomic mass is 19.1. The molecule has 1 aliphatic rings. The summed E-state index contributed by atoms with van der Waals surface area (Å²) in [6.45, 7) is -0.112. The highest BCUT2D eigenvalue weighted by molar-refractivity contribution is 6.09. The number of halogens is 3. The lowest BCUT2D eigenvalue weighted by molar-refractivity contribution is -0.136. The molecule has 4 rings (SSSR count). The van der Waals surface area contributed by atoms with Gasteiger partial charge < -0.3 is 4.57 Å².